The average Bonchev–Trinajstić information content (AvgIpc) is 3.16. The first kappa shape index (κ1) is 22.2. The van der Waals surface area contributed by atoms with Gasteiger partial charge in [-0.2, -0.15) is 0 Å². The quantitative estimate of drug-likeness (QED) is 0.566. The van der Waals surface area contributed by atoms with Crippen LogP contribution in [0.4, 0.5) is 5.69 Å². The SMILES string of the molecule is COCC(=O)Nc1ccc2c(c1)[C@H]1C[C@H](CC(=O)NCc3ccccn3)O[C@@H](CO)[C@H]1O2. The highest BCUT2D eigenvalue weighted by Gasteiger charge is 2.46. The Morgan fingerprint density at radius 2 is 2.12 bits per heavy atom. The van der Waals surface area contributed by atoms with Crippen molar-refractivity contribution in [3.05, 3.63) is 53.9 Å². The standard InChI is InChI=1S/C23H27N3O6/c1-30-13-22(29)26-14-5-6-19-17(8-14)18-9-16(31-20(12-27)23(18)32-19)10-21(28)25-11-15-4-2-3-7-24-15/h2-8,16,18,20,23,27H,9-13H2,1H3,(H,25,28)(H,26,29)/t16-,18-,20+,23+/m1/s1. The van der Waals surface area contributed by atoms with Crippen LogP contribution in [0.5, 0.6) is 5.75 Å². The lowest BCUT2D eigenvalue weighted by Gasteiger charge is -2.37. The zero-order valence-electron chi connectivity index (χ0n) is 17.8. The third-order valence-corrected chi connectivity index (χ3v) is 5.66. The number of rotatable bonds is 8. The van der Waals surface area contributed by atoms with E-state index in [2.05, 4.69) is 15.6 Å². The van der Waals surface area contributed by atoms with E-state index in [9.17, 15) is 14.7 Å². The van der Waals surface area contributed by atoms with Crippen molar-refractivity contribution in [3.8, 4) is 5.75 Å². The topological polar surface area (TPSA) is 119 Å². The van der Waals surface area contributed by atoms with Crippen LogP contribution in [-0.4, -0.2) is 60.5 Å². The minimum atomic E-state index is -0.540. The number of pyridine rings is 1. The van der Waals surface area contributed by atoms with Gasteiger partial charge in [0.15, 0.2) is 0 Å². The van der Waals surface area contributed by atoms with Gasteiger partial charge in [-0.25, -0.2) is 0 Å². The molecule has 32 heavy (non-hydrogen) atoms. The molecule has 0 aliphatic carbocycles. The van der Waals surface area contributed by atoms with Gasteiger partial charge in [-0.3, -0.25) is 14.6 Å². The molecule has 2 aliphatic heterocycles. The Morgan fingerprint density at radius 3 is 2.88 bits per heavy atom. The predicted molar refractivity (Wildman–Crippen MR) is 115 cm³/mol. The first-order chi connectivity index (χ1) is 15.6. The van der Waals surface area contributed by atoms with Crippen molar-refractivity contribution in [2.75, 3.05) is 25.6 Å². The molecule has 0 bridgehead atoms. The van der Waals surface area contributed by atoms with Gasteiger partial charge in [-0.15, -0.1) is 0 Å². The molecule has 1 saturated heterocycles. The van der Waals surface area contributed by atoms with Gasteiger partial charge in [-0.1, -0.05) is 6.07 Å². The van der Waals surface area contributed by atoms with Crippen LogP contribution in [0.2, 0.25) is 0 Å². The number of carbonyl (C=O) groups is 2. The third kappa shape index (κ3) is 5.07. The normalized spacial score (nSPS) is 23.6. The number of hydrogen-bond acceptors (Lipinski definition) is 7. The number of hydrogen-bond donors (Lipinski definition) is 3. The second-order valence-corrected chi connectivity index (χ2v) is 7.94. The maximum Gasteiger partial charge on any atom is 0.250 e. The molecule has 9 nitrogen and oxygen atoms in total. The number of fused-ring (bicyclic) bond motifs is 3. The van der Waals surface area contributed by atoms with Crippen LogP contribution in [0.3, 0.4) is 0 Å². The Balaban J connectivity index is 1.42. The van der Waals surface area contributed by atoms with Crippen LogP contribution >= 0.6 is 0 Å². The number of amides is 2. The molecule has 170 valence electrons. The van der Waals surface area contributed by atoms with Crippen LogP contribution in [-0.2, 0) is 25.6 Å². The fourth-order valence-corrected chi connectivity index (χ4v) is 4.27. The summed E-state index contributed by atoms with van der Waals surface area (Å²) in [5.41, 5.74) is 2.36. The largest absolute Gasteiger partial charge is 0.487 e. The number of benzene rings is 1. The molecule has 0 radical (unpaired) electrons. The lowest BCUT2D eigenvalue weighted by atomic mass is 9.84. The third-order valence-electron chi connectivity index (χ3n) is 5.66. The molecule has 3 N–H and O–H groups in total. The Bertz CT molecular complexity index is 954. The Morgan fingerprint density at radius 1 is 1.25 bits per heavy atom. The van der Waals surface area contributed by atoms with E-state index in [0.29, 0.717) is 24.4 Å². The molecule has 1 aromatic heterocycles. The van der Waals surface area contributed by atoms with E-state index < -0.39 is 6.10 Å². The number of aliphatic hydroxyl groups excluding tert-OH is 1. The molecule has 4 atom stereocenters. The first-order valence-corrected chi connectivity index (χ1v) is 10.6. The predicted octanol–water partition coefficient (Wildman–Crippen LogP) is 1.37. The van der Waals surface area contributed by atoms with Crippen molar-refractivity contribution in [2.24, 2.45) is 0 Å². The summed E-state index contributed by atoms with van der Waals surface area (Å²) in [5, 5.41) is 15.5. The van der Waals surface area contributed by atoms with Crippen molar-refractivity contribution in [1.82, 2.24) is 10.3 Å². The number of methoxy groups -OCH3 is 1. The summed E-state index contributed by atoms with van der Waals surface area (Å²) >= 11 is 0. The summed E-state index contributed by atoms with van der Waals surface area (Å²) in [5.74, 6) is 0.261. The highest BCUT2D eigenvalue weighted by Crippen LogP contribution is 2.47. The van der Waals surface area contributed by atoms with Crippen molar-refractivity contribution in [3.63, 3.8) is 0 Å². The number of aliphatic hydroxyl groups is 1. The Hall–Kier alpha value is -3.01. The Labute approximate surface area is 186 Å². The monoisotopic (exact) mass is 441 g/mol. The Kier molecular flexibility index (Phi) is 6.99. The van der Waals surface area contributed by atoms with Gasteiger partial charge in [0.2, 0.25) is 11.8 Å². The lowest BCUT2D eigenvalue weighted by molar-refractivity contribution is -0.142. The number of carbonyl (C=O) groups excluding carboxylic acids is 2. The number of nitrogens with one attached hydrogen (secondary N) is 2. The fraction of sp³-hybridized carbons (Fsp3) is 0.435. The maximum atomic E-state index is 12.5. The molecule has 9 heteroatoms. The second-order valence-electron chi connectivity index (χ2n) is 7.94. The van der Waals surface area contributed by atoms with Gasteiger partial charge < -0.3 is 30.0 Å². The molecule has 0 saturated carbocycles. The molecule has 2 aliphatic rings. The van der Waals surface area contributed by atoms with Gasteiger partial charge in [0.25, 0.3) is 0 Å². The zero-order chi connectivity index (χ0) is 22.5. The summed E-state index contributed by atoms with van der Waals surface area (Å²) in [6.07, 6.45) is 1.18. The molecule has 1 fully saturated rings. The van der Waals surface area contributed by atoms with Crippen LogP contribution < -0.4 is 15.4 Å². The van der Waals surface area contributed by atoms with Crippen molar-refractivity contribution in [2.45, 2.75) is 43.6 Å². The number of anilines is 1. The zero-order valence-corrected chi connectivity index (χ0v) is 17.8. The van der Waals surface area contributed by atoms with Crippen molar-refractivity contribution >= 4 is 17.5 Å². The molecular weight excluding hydrogens is 414 g/mol. The summed E-state index contributed by atoms with van der Waals surface area (Å²) in [7, 11) is 1.46. The van der Waals surface area contributed by atoms with E-state index in [1.165, 1.54) is 7.11 Å². The van der Waals surface area contributed by atoms with Crippen LogP contribution in [0.1, 0.15) is 30.0 Å². The van der Waals surface area contributed by atoms with Crippen molar-refractivity contribution < 1.29 is 28.9 Å². The van der Waals surface area contributed by atoms with Crippen LogP contribution in [0.25, 0.3) is 0 Å². The molecule has 2 amide bonds. The lowest BCUT2D eigenvalue weighted by Crippen LogP contribution is -2.47. The molecule has 0 unspecified atom stereocenters. The fourth-order valence-electron chi connectivity index (χ4n) is 4.27. The van der Waals surface area contributed by atoms with Gasteiger partial charge in [0, 0.05) is 30.5 Å². The summed E-state index contributed by atoms with van der Waals surface area (Å²) in [6, 6.07) is 11.0. The highest BCUT2D eigenvalue weighted by atomic mass is 16.6. The van der Waals surface area contributed by atoms with Crippen molar-refractivity contribution in [1.29, 1.82) is 0 Å². The van der Waals surface area contributed by atoms with E-state index in [1.807, 2.05) is 24.3 Å². The van der Waals surface area contributed by atoms with E-state index in [-0.39, 0.29) is 49.6 Å². The molecule has 0 spiro atoms. The van der Waals surface area contributed by atoms with Gasteiger partial charge >= 0.3 is 0 Å². The average molecular weight is 441 g/mol. The van der Waals surface area contributed by atoms with Gasteiger partial charge in [0.1, 0.15) is 24.6 Å². The molecule has 1 aromatic carbocycles. The van der Waals surface area contributed by atoms with E-state index >= 15 is 0 Å². The number of aromatic nitrogens is 1. The van der Waals surface area contributed by atoms with E-state index in [0.717, 1.165) is 11.3 Å². The molecule has 4 rings (SSSR count). The summed E-state index contributed by atoms with van der Waals surface area (Å²) < 4.78 is 16.9. The molecule has 2 aromatic rings. The van der Waals surface area contributed by atoms with E-state index in [4.69, 9.17) is 14.2 Å². The first-order valence-electron chi connectivity index (χ1n) is 10.6. The van der Waals surface area contributed by atoms with Gasteiger partial charge in [0.05, 0.1) is 31.4 Å². The summed E-state index contributed by atoms with van der Waals surface area (Å²) in [6.45, 7) is 0.104. The number of nitrogens with zero attached hydrogens (tertiary/aromatic N) is 1. The van der Waals surface area contributed by atoms with Crippen LogP contribution in [0.15, 0.2) is 42.6 Å². The van der Waals surface area contributed by atoms with Gasteiger partial charge in [-0.05, 0) is 36.8 Å². The van der Waals surface area contributed by atoms with Crippen LogP contribution in [0, 0.1) is 0 Å². The molecule has 3 heterocycles. The maximum absolute atomic E-state index is 12.5. The second kappa shape index (κ2) is 10.1. The van der Waals surface area contributed by atoms with E-state index in [1.54, 1.807) is 18.3 Å². The summed E-state index contributed by atoms with van der Waals surface area (Å²) in [4.78, 5) is 28.5. The minimum absolute atomic E-state index is 0.0320. The highest BCUT2D eigenvalue weighted by molar-refractivity contribution is 5.92. The minimum Gasteiger partial charge on any atom is -0.487 e. The number of ether oxygens (including phenoxy) is 3. The smallest absolute Gasteiger partial charge is 0.250 e. The molecular formula is C23H27N3O6.